The van der Waals surface area contributed by atoms with E-state index in [0.29, 0.717) is 6.61 Å². The summed E-state index contributed by atoms with van der Waals surface area (Å²) < 4.78 is 13.5. The van der Waals surface area contributed by atoms with Gasteiger partial charge in [0.15, 0.2) is 0 Å². The van der Waals surface area contributed by atoms with Crippen molar-refractivity contribution in [2.75, 3.05) is 13.7 Å². The molecule has 0 unspecified atom stereocenters. The molecule has 0 bridgehead atoms. The van der Waals surface area contributed by atoms with Crippen molar-refractivity contribution >= 4 is 11.0 Å². The molecule has 3 aromatic carbocycles. The molecule has 0 atom stereocenters. The quantitative estimate of drug-likeness (QED) is 0.377. The standard InChI is InChI=1S/C25H26N2O2/c1-18-12-13-22(19(2)16-18)25-26-23-10-4-5-11-24(23)27(25)14-7-15-29-21-9-6-8-20(17-21)28-3/h4-6,8-13,16-17H,7,14-15H2,1-3H3. The Morgan fingerprint density at radius 3 is 2.55 bits per heavy atom. The zero-order valence-electron chi connectivity index (χ0n) is 17.2. The van der Waals surface area contributed by atoms with Crippen LogP contribution >= 0.6 is 0 Å². The van der Waals surface area contributed by atoms with Gasteiger partial charge in [0.2, 0.25) is 0 Å². The van der Waals surface area contributed by atoms with Crippen molar-refractivity contribution in [3.8, 4) is 22.9 Å². The first-order valence-electron chi connectivity index (χ1n) is 9.95. The molecule has 4 nitrogen and oxygen atoms in total. The first-order valence-corrected chi connectivity index (χ1v) is 9.95. The molecule has 4 heteroatoms. The topological polar surface area (TPSA) is 36.3 Å². The molecule has 0 radical (unpaired) electrons. The summed E-state index contributed by atoms with van der Waals surface area (Å²) in [5.74, 6) is 2.65. The molecular formula is C25H26N2O2. The van der Waals surface area contributed by atoms with Gasteiger partial charge in [0.05, 0.1) is 24.8 Å². The fourth-order valence-corrected chi connectivity index (χ4v) is 3.68. The number of hydrogen-bond acceptors (Lipinski definition) is 3. The molecule has 148 valence electrons. The van der Waals surface area contributed by atoms with E-state index in [0.717, 1.165) is 41.3 Å². The third-order valence-corrected chi connectivity index (χ3v) is 5.11. The summed E-state index contributed by atoms with van der Waals surface area (Å²) in [6, 6.07) is 22.6. The van der Waals surface area contributed by atoms with Crippen LogP contribution in [0.4, 0.5) is 0 Å². The minimum atomic E-state index is 0.631. The fourth-order valence-electron chi connectivity index (χ4n) is 3.68. The van der Waals surface area contributed by atoms with Gasteiger partial charge in [0.1, 0.15) is 17.3 Å². The third kappa shape index (κ3) is 4.11. The van der Waals surface area contributed by atoms with Crippen LogP contribution in [0.1, 0.15) is 17.5 Å². The van der Waals surface area contributed by atoms with Crippen LogP contribution in [0.25, 0.3) is 22.4 Å². The zero-order chi connectivity index (χ0) is 20.2. The van der Waals surface area contributed by atoms with Crippen LogP contribution in [0.5, 0.6) is 11.5 Å². The van der Waals surface area contributed by atoms with E-state index >= 15 is 0 Å². The van der Waals surface area contributed by atoms with Crippen molar-refractivity contribution in [1.29, 1.82) is 0 Å². The fraction of sp³-hybridized carbons (Fsp3) is 0.240. The van der Waals surface area contributed by atoms with Gasteiger partial charge in [-0.2, -0.15) is 0 Å². The van der Waals surface area contributed by atoms with E-state index in [1.54, 1.807) is 7.11 Å². The molecule has 0 aliphatic rings. The van der Waals surface area contributed by atoms with Crippen molar-refractivity contribution in [2.24, 2.45) is 0 Å². The second-order valence-electron chi connectivity index (χ2n) is 7.28. The lowest BCUT2D eigenvalue weighted by molar-refractivity contribution is 0.300. The molecule has 0 aliphatic carbocycles. The first-order chi connectivity index (χ1) is 14.2. The molecule has 0 fully saturated rings. The van der Waals surface area contributed by atoms with Gasteiger partial charge in [0.25, 0.3) is 0 Å². The van der Waals surface area contributed by atoms with Crippen LogP contribution in [0, 0.1) is 13.8 Å². The van der Waals surface area contributed by atoms with E-state index in [2.05, 4.69) is 54.8 Å². The summed E-state index contributed by atoms with van der Waals surface area (Å²) in [5, 5.41) is 0. The van der Waals surface area contributed by atoms with E-state index in [-0.39, 0.29) is 0 Å². The lowest BCUT2D eigenvalue weighted by Crippen LogP contribution is -2.06. The van der Waals surface area contributed by atoms with Crippen molar-refractivity contribution < 1.29 is 9.47 Å². The van der Waals surface area contributed by atoms with E-state index in [1.807, 2.05) is 30.3 Å². The molecule has 0 N–H and O–H groups in total. The summed E-state index contributed by atoms with van der Waals surface area (Å²) in [6.07, 6.45) is 0.884. The average molecular weight is 386 g/mol. The lowest BCUT2D eigenvalue weighted by atomic mass is 10.1. The highest BCUT2D eigenvalue weighted by Gasteiger charge is 2.14. The summed E-state index contributed by atoms with van der Waals surface area (Å²) >= 11 is 0. The third-order valence-electron chi connectivity index (χ3n) is 5.11. The van der Waals surface area contributed by atoms with Crippen LogP contribution in [0.15, 0.2) is 66.7 Å². The summed E-state index contributed by atoms with van der Waals surface area (Å²) in [5.41, 5.74) is 5.87. The van der Waals surface area contributed by atoms with Crippen molar-refractivity contribution in [1.82, 2.24) is 9.55 Å². The van der Waals surface area contributed by atoms with E-state index in [9.17, 15) is 0 Å². The van der Waals surface area contributed by atoms with Gasteiger partial charge in [-0.05, 0) is 50.1 Å². The predicted octanol–water partition coefficient (Wildman–Crippen LogP) is 5.80. The maximum atomic E-state index is 5.93. The van der Waals surface area contributed by atoms with Crippen LogP contribution in [0.3, 0.4) is 0 Å². The smallest absolute Gasteiger partial charge is 0.141 e. The molecule has 1 heterocycles. The van der Waals surface area contributed by atoms with Gasteiger partial charge in [-0.3, -0.25) is 0 Å². The molecule has 29 heavy (non-hydrogen) atoms. The van der Waals surface area contributed by atoms with Gasteiger partial charge >= 0.3 is 0 Å². The van der Waals surface area contributed by atoms with Crippen molar-refractivity contribution in [2.45, 2.75) is 26.8 Å². The summed E-state index contributed by atoms with van der Waals surface area (Å²) in [7, 11) is 1.66. The number of hydrogen-bond donors (Lipinski definition) is 0. The molecule has 1 aromatic heterocycles. The van der Waals surface area contributed by atoms with Crippen molar-refractivity contribution in [3.63, 3.8) is 0 Å². The van der Waals surface area contributed by atoms with Gasteiger partial charge in [0, 0.05) is 18.2 Å². The number of methoxy groups -OCH3 is 1. The lowest BCUT2D eigenvalue weighted by Gasteiger charge is -2.12. The maximum absolute atomic E-state index is 5.93. The average Bonchev–Trinajstić information content (AvgIpc) is 3.09. The number of aromatic nitrogens is 2. The second kappa shape index (κ2) is 8.39. The maximum Gasteiger partial charge on any atom is 0.141 e. The number of imidazole rings is 1. The Kier molecular flexibility index (Phi) is 5.52. The van der Waals surface area contributed by atoms with Crippen LogP contribution in [0.2, 0.25) is 0 Å². The van der Waals surface area contributed by atoms with Gasteiger partial charge in [-0.25, -0.2) is 4.98 Å². The van der Waals surface area contributed by atoms with Crippen molar-refractivity contribution in [3.05, 3.63) is 77.9 Å². The number of aryl methyl sites for hydroxylation is 3. The SMILES string of the molecule is COc1cccc(OCCCn2c(-c3ccc(C)cc3C)nc3ccccc32)c1. The molecule has 4 aromatic rings. The van der Waals surface area contributed by atoms with Gasteiger partial charge in [-0.1, -0.05) is 42.0 Å². The monoisotopic (exact) mass is 386 g/mol. The highest BCUT2D eigenvalue weighted by molar-refractivity contribution is 5.81. The molecule has 0 saturated carbocycles. The highest BCUT2D eigenvalue weighted by Crippen LogP contribution is 2.28. The van der Waals surface area contributed by atoms with Gasteiger partial charge in [-0.15, -0.1) is 0 Å². The summed E-state index contributed by atoms with van der Waals surface area (Å²) in [6.45, 7) is 5.74. The van der Waals surface area contributed by atoms with E-state index < -0.39 is 0 Å². The minimum absolute atomic E-state index is 0.631. The number of benzene rings is 3. The Hall–Kier alpha value is -3.27. The molecule has 0 spiro atoms. The highest BCUT2D eigenvalue weighted by atomic mass is 16.5. The second-order valence-corrected chi connectivity index (χ2v) is 7.28. The van der Waals surface area contributed by atoms with Crippen LogP contribution < -0.4 is 9.47 Å². The minimum Gasteiger partial charge on any atom is -0.497 e. The number of nitrogens with zero attached hydrogens (tertiary/aromatic N) is 2. The molecular weight excluding hydrogens is 360 g/mol. The Balaban J connectivity index is 1.56. The predicted molar refractivity (Wildman–Crippen MR) is 118 cm³/mol. The van der Waals surface area contributed by atoms with Crippen LogP contribution in [-0.2, 0) is 6.54 Å². The first kappa shape index (κ1) is 19.1. The van der Waals surface area contributed by atoms with E-state index in [4.69, 9.17) is 14.5 Å². The largest absolute Gasteiger partial charge is 0.497 e. The number of ether oxygens (including phenoxy) is 2. The Labute approximate surface area is 171 Å². The molecule has 0 saturated heterocycles. The summed E-state index contributed by atoms with van der Waals surface area (Å²) in [4.78, 5) is 4.94. The van der Waals surface area contributed by atoms with Gasteiger partial charge < -0.3 is 14.0 Å². The zero-order valence-corrected chi connectivity index (χ0v) is 17.2. The van der Waals surface area contributed by atoms with E-state index in [1.165, 1.54) is 16.7 Å². The molecule has 0 amide bonds. The number of rotatable bonds is 7. The Bertz CT molecular complexity index is 1130. The normalized spacial score (nSPS) is 11.0. The Morgan fingerprint density at radius 1 is 0.897 bits per heavy atom. The Morgan fingerprint density at radius 2 is 1.72 bits per heavy atom. The van der Waals surface area contributed by atoms with Crippen LogP contribution in [-0.4, -0.2) is 23.3 Å². The number of fused-ring (bicyclic) bond motifs is 1. The molecule has 4 rings (SSSR count). The molecule has 0 aliphatic heterocycles. The number of para-hydroxylation sites is 2.